The van der Waals surface area contributed by atoms with Crippen molar-refractivity contribution < 1.29 is 23.6 Å². The van der Waals surface area contributed by atoms with Crippen LogP contribution in [0.4, 0.5) is 9.59 Å². The van der Waals surface area contributed by atoms with Gasteiger partial charge in [0.1, 0.15) is 5.60 Å². The normalized spacial score (nSPS) is 32.1. The van der Waals surface area contributed by atoms with Gasteiger partial charge < -0.3 is 29.6 Å². The van der Waals surface area contributed by atoms with Crippen molar-refractivity contribution in [3.05, 3.63) is 35.9 Å². The van der Waals surface area contributed by atoms with Gasteiger partial charge in [0.15, 0.2) is 0 Å². The fourth-order valence-corrected chi connectivity index (χ4v) is 7.36. The minimum atomic E-state index is -0.556. The van der Waals surface area contributed by atoms with Crippen molar-refractivity contribution in [2.24, 2.45) is 17.3 Å². The lowest BCUT2D eigenvalue weighted by atomic mass is 9.43. The Kier molecular flexibility index (Phi) is 7.70. The summed E-state index contributed by atoms with van der Waals surface area (Å²) in [5, 5.41) is 6.20. The van der Waals surface area contributed by atoms with Crippen LogP contribution in [-0.2, 0) is 20.5 Å². The van der Waals surface area contributed by atoms with E-state index in [-0.39, 0.29) is 41.2 Å². The second-order valence-electron chi connectivity index (χ2n) is 13.8. The van der Waals surface area contributed by atoms with Gasteiger partial charge in [-0.05, 0) is 89.0 Å². The number of ether oxygens (including phenoxy) is 1. The number of benzene rings is 1. The van der Waals surface area contributed by atoms with Gasteiger partial charge in [-0.2, -0.15) is 0 Å². The quantitative estimate of drug-likeness (QED) is 0.500. The molecule has 6 rings (SSSR count). The average Bonchev–Trinajstić information content (AvgIpc) is 3.24. The van der Waals surface area contributed by atoms with Gasteiger partial charge in [0.25, 0.3) is 0 Å². The molecule has 1 unspecified atom stereocenters. The molecule has 0 radical (unpaired) electrons. The summed E-state index contributed by atoms with van der Waals surface area (Å²) in [6.07, 6.45) is 5.31. The second-order valence-corrected chi connectivity index (χ2v) is 13.8. The highest BCUT2D eigenvalue weighted by atomic mass is 16.7. The van der Waals surface area contributed by atoms with E-state index in [4.69, 9.17) is 14.0 Å². The molecule has 2 aliphatic heterocycles. The first-order valence-electron chi connectivity index (χ1n) is 14.8. The molecule has 2 heterocycles. The summed E-state index contributed by atoms with van der Waals surface area (Å²) in [4.78, 5) is 27.8. The fourth-order valence-electron chi connectivity index (χ4n) is 7.36. The maximum absolute atomic E-state index is 13.3. The molecule has 214 valence electrons. The second kappa shape index (κ2) is 10.6. The van der Waals surface area contributed by atoms with Crippen molar-refractivity contribution >= 4 is 19.2 Å². The predicted molar refractivity (Wildman–Crippen MR) is 151 cm³/mol. The lowest BCUT2D eigenvalue weighted by molar-refractivity contribution is -0.199. The zero-order chi connectivity index (χ0) is 28.0. The number of piperidine rings is 1. The molecule has 2 bridgehead atoms. The van der Waals surface area contributed by atoms with E-state index >= 15 is 0 Å². The van der Waals surface area contributed by atoms with E-state index in [2.05, 4.69) is 43.5 Å². The molecule has 8 nitrogen and oxygen atoms in total. The molecule has 0 spiro atoms. The molecule has 0 aromatic heterocycles. The number of urea groups is 1. The van der Waals surface area contributed by atoms with Crippen LogP contribution in [0.1, 0.15) is 79.2 Å². The first-order valence-corrected chi connectivity index (χ1v) is 14.8. The van der Waals surface area contributed by atoms with Crippen LogP contribution >= 0.6 is 0 Å². The van der Waals surface area contributed by atoms with Crippen LogP contribution < -0.4 is 10.6 Å². The van der Waals surface area contributed by atoms with Gasteiger partial charge in [-0.1, -0.05) is 44.2 Å². The Morgan fingerprint density at radius 3 is 2.59 bits per heavy atom. The van der Waals surface area contributed by atoms with E-state index < -0.39 is 12.7 Å². The third kappa shape index (κ3) is 5.80. The summed E-state index contributed by atoms with van der Waals surface area (Å²) in [6.45, 7) is 13.5. The van der Waals surface area contributed by atoms with E-state index in [1.165, 1.54) is 6.42 Å². The smallest absolute Gasteiger partial charge is 0.444 e. The van der Waals surface area contributed by atoms with Crippen molar-refractivity contribution in [2.75, 3.05) is 13.1 Å². The first-order chi connectivity index (χ1) is 18.4. The lowest BCUT2D eigenvalue weighted by Gasteiger charge is -2.64. The summed E-state index contributed by atoms with van der Waals surface area (Å²) >= 11 is 0. The van der Waals surface area contributed by atoms with Gasteiger partial charge in [-0.25, -0.2) is 9.59 Å². The van der Waals surface area contributed by atoms with Crippen molar-refractivity contribution in [1.29, 1.82) is 0 Å². The predicted octanol–water partition coefficient (Wildman–Crippen LogP) is 4.95. The van der Waals surface area contributed by atoms with Crippen molar-refractivity contribution in [2.45, 2.75) is 109 Å². The highest BCUT2D eigenvalue weighted by Crippen LogP contribution is 2.65. The number of hydrogen-bond donors (Lipinski definition) is 2. The molecule has 5 aliphatic rings. The highest BCUT2D eigenvalue weighted by molar-refractivity contribution is 6.48. The third-order valence-electron chi connectivity index (χ3n) is 9.67. The standard InChI is InChI=1S/C30H46BN3O5/c1-28(2,3)37-27(36)34-15-11-10-14-22(34)19-32-26(35)33-25(16-20-12-8-7-9-13-20)31-38-24-18-21-17-23(29(21,4)5)30(24,6)39-31/h7-9,12-13,21-25H,10-11,14-19H2,1-6H3,(H2,32,33,35)/t21-,22+,23-,24?,25-,30-/m0/s1. The highest BCUT2D eigenvalue weighted by Gasteiger charge is 2.68. The molecule has 2 saturated heterocycles. The van der Waals surface area contributed by atoms with E-state index in [1.54, 1.807) is 4.90 Å². The Morgan fingerprint density at radius 2 is 1.90 bits per heavy atom. The summed E-state index contributed by atoms with van der Waals surface area (Å²) in [5.74, 6) is 0.772. The van der Waals surface area contributed by atoms with Gasteiger partial charge >= 0.3 is 19.2 Å². The summed E-state index contributed by atoms with van der Waals surface area (Å²) in [6, 6.07) is 9.77. The molecule has 1 aromatic rings. The van der Waals surface area contributed by atoms with Gasteiger partial charge in [0.05, 0.1) is 23.7 Å². The number of amides is 3. The Hall–Kier alpha value is -2.26. The molecule has 39 heavy (non-hydrogen) atoms. The molecule has 9 heteroatoms. The van der Waals surface area contributed by atoms with Gasteiger partial charge in [-0.15, -0.1) is 0 Å². The number of likely N-dealkylation sites (tertiary alicyclic amines) is 1. The molecule has 6 atom stereocenters. The number of carbonyl (C=O) groups excluding carboxylic acids is 2. The topological polar surface area (TPSA) is 89.1 Å². The minimum Gasteiger partial charge on any atom is -0.444 e. The van der Waals surface area contributed by atoms with Crippen LogP contribution in [-0.4, -0.2) is 66.5 Å². The molecular formula is C30H46BN3O5. The molecule has 2 N–H and O–H groups in total. The summed E-state index contributed by atoms with van der Waals surface area (Å²) in [7, 11) is -0.519. The summed E-state index contributed by atoms with van der Waals surface area (Å²) < 4.78 is 18.9. The van der Waals surface area contributed by atoms with Gasteiger partial charge in [0.2, 0.25) is 0 Å². The van der Waals surface area contributed by atoms with E-state index in [9.17, 15) is 9.59 Å². The Labute approximate surface area is 234 Å². The van der Waals surface area contributed by atoms with Gasteiger partial charge in [0, 0.05) is 13.1 Å². The van der Waals surface area contributed by atoms with Crippen molar-refractivity contribution in [1.82, 2.24) is 15.5 Å². The molecule has 3 amide bonds. The van der Waals surface area contributed by atoms with Crippen LogP contribution in [0.5, 0.6) is 0 Å². The number of carbonyl (C=O) groups is 2. The largest absolute Gasteiger partial charge is 0.482 e. The van der Waals surface area contributed by atoms with Crippen molar-refractivity contribution in [3.63, 3.8) is 0 Å². The molecule has 1 aromatic carbocycles. The van der Waals surface area contributed by atoms with Crippen LogP contribution in [0.15, 0.2) is 30.3 Å². The fraction of sp³-hybridized carbons (Fsp3) is 0.733. The Balaban J connectivity index is 1.24. The van der Waals surface area contributed by atoms with Crippen LogP contribution in [0.2, 0.25) is 0 Å². The van der Waals surface area contributed by atoms with Gasteiger partial charge in [-0.3, -0.25) is 0 Å². The third-order valence-corrected chi connectivity index (χ3v) is 9.67. The van der Waals surface area contributed by atoms with E-state index in [0.29, 0.717) is 31.3 Å². The van der Waals surface area contributed by atoms with Crippen LogP contribution in [0, 0.1) is 17.3 Å². The zero-order valence-electron chi connectivity index (χ0n) is 24.5. The maximum atomic E-state index is 13.3. The van der Waals surface area contributed by atoms with Crippen LogP contribution in [0.25, 0.3) is 0 Å². The summed E-state index contributed by atoms with van der Waals surface area (Å²) in [5.41, 5.74) is 0.470. The van der Waals surface area contributed by atoms with E-state index in [0.717, 1.165) is 31.2 Å². The SMILES string of the molecule is CC(C)(C)OC(=O)N1CCCC[C@@H]1CNC(=O)N[C@@H](Cc1ccccc1)B1OC2C[C@@H]3C[C@@H](C3(C)C)[C@]2(C)O1. The Morgan fingerprint density at radius 1 is 1.15 bits per heavy atom. The molecular weight excluding hydrogens is 493 g/mol. The number of nitrogens with one attached hydrogen (secondary N) is 2. The molecule has 3 saturated carbocycles. The monoisotopic (exact) mass is 539 g/mol. The zero-order valence-corrected chi connectivity index (χ0v) is 24.5. The molecule has 5 fully saturated rings. The maximum Gasteiger partial charge on any atom is 0.482 e. The van der Waals surface area contributed by atoms with Crippen molar-refractivity contribution in [3.8, 4) is 0 Å². The van der Waals surface area contributed by atoms with Crippen LogP contribution in [0.3, 0.4) is 0 Å². The molecule has 3 aliphatic carbocycles. The number of nitrogens with zero attached hydrogens (tertiary/aromatic N) is 1. The number of hydrogen-bond acceptors (Lipinski definition) is 5. The minimum absolute atomic E-state index is 0.0482. The first kappa shape index (κ1) is 28.3. The average molecular weight is 540 g/mol. The van der Waals surface area contributed by atoms with E-state index in [1.807, 2.05) is 39.0 Å². The number of rotatable bonds is 6. The Bertz CT molecular complexity index is 1050. The lowest BCUT2D eigenvalue weighted by Crippen LogP contribution is -2.65.